The molecule has 0 amide bonds. The van der Waals surface area contributed by atoms with Gasteiger partial charge in [0.25, 0.3) is 0 Å². The van der Waals surface area contributed by atoms with Gasteiger partial charge in [-0.25, -0.2) is 0 Å². The van der Waals surface area contributed by atoms with Gasteiger partial charge >= 0.3 is 0 Å². The summed E-state index contributed by atoms with van der Waals surface area (Å²) >= 11 is 3.34. The van der Waals surface area contributed by atoms with Crippen molar-refractivity contribution in [1.29, 1.82) is 0 Å². The summed E-state index contributed by atoms with van der Waals surface area (Å²) in [5, 5.41) is 7.86. The number of rotatable bonds is 0. The zero-order chi connectivity index (χ0) is 8.65. The first-order chi connectivity index (χ1) is 4.93. The second kappa shape index (κ2) is 2.59. The van der Waals surface area contributed by atoms with Crippen LogP contribution in [0.2, 0.25) is 0 Å². The van der Waals surface area contributed by atoms with Crippen LogP contribution in [-0.4, -0.2) is 14.8 Å². The normalized spacial score (nSPS) is 12.1. The van der Waals surface area contributed by atoms with Crippen LogP contribution in [0.3, 0.4) is 0 Å². The molecule has 0 spiro atoms. The Balaban J connectivity index is 3.21. The second-order valence-electron chi connectivity index (χ2n) is 3.52. The largest absolute Gasteiger partial charge is 0.300 e. The van der Waals surface area contributed by atoms with E-state index in [4.69, 9.17) is 0 Å². The van der Waals surface area contributed by atoms with Gasteiger partial charge in [0, 0.05) is 5.54 Å². The van der Waals surface area contributed by atoms with Crippen LogP contribution in [0.25, 0.3) is 0 Å². The minimum absolute atomic E-state index is 0.0480. The quantitative estimate of drug-likeness (QED) is 0.667. The van der Waals surface area contributed by atoms with Gasteiger partial charge in [-0.3, -0.25) is 0 Å². The molecule has 0 aliphatic rings. The first-order valence-corrected chi connectivity index (χ1v) is 4.30. The van der Waals surface area contributed by atoms with E-state index in [-0.39, 0.29) is 5.54 Å². The molecule has 1 aromatic heterocycles. The Morgan fingerprint density at radius 2 is 1.82 bits per heavy atom. The summed E-state index contributed by atoms with van der Waals surface area (Å²) in [5.74, 6) is 0.935. The number of aromatic nitrogens is 3. The summed E-state index contributed by atoms with van der Waals surface area (Å²) in [4.78, 5) is 0. The van der Waals surface area contributed by atoms with E-state index in [9.17, 15) is 0 Å². The summed E-state index contributed by atoms with van der Waals surface area (Å²) in [7, 11) is 0. The van der Waals surface area contributed by atoms with Crippen LogP contribution in [0.1, 0.15) is 26.6 Å². The Labute approximate surface area is 75.0 Å². The van der Waals surface area contributed by atoms with Crippen molar-refractivity contribution in [3.8, 4) is 0 Å². The molecule has 3 nitrogen and oxygen atoms in total. The Bertz CT molecular complexity index is 240. The van der Waals surface area contributed by atoms with Crippen LogP contribution in [-0.2, 0) is 5.54 Å². The van der Waals surface area contributed by atoms with Crippen LogP contribution in [0.4, 0.5) is 0 Å². The van der Waals surface area contributed by atoms with Crippen molar-refractivity contribution in [2.24, 2.45) is 0 Å². The van der Waals surface area contributed by atoms with Gasteiger partial charge in [-0.1, -0.05) is 0 Å². The van der Waals surface area contributed by atoms with Crippen LogP contribution >= 0.6 is 15.9 Å². The average Bonchev–Trinajstić information content (AvgIpc) is 2.08. The van der Waals surface area contributed by atoms with Crippen molar-refractivity contribution in [1.82, 2.24) is 14.8 Å². The van der Waals surface area contributed by atoms with Crippen molar-refractivity contribution in [2.75, 3.05) is 0 Å². The molecular formula is C7H12BrN3. The molecule has 0 N–H and O–H groups in total. The lowest BCUT2D eigenvalue weighted by Gasteiger charge is -2.22. The van der Waals surface area contributed by atoms with E-state index in [0.717, 1.165) is 10.6 Å². The maximum absolute atomic E-state index is 3.95. The third kappa shape index (κ3) is 1.61. The highest BCUT2D eigenvalue weighted by Crippen LogP contribution is 2.20. The lowest BCUT2D eigenvalue weighted by molar-refractivity contribution is 0.380. The molecule has 1 aromatic rings. The van der Waals surface area contributed by atoms with E-state index >= 15 is 0 Å². The first-order valence-electron chi connectivity index (χ1n) is 3.51. The minimum atomic E-state index is 0.0480. The van der Waals surface area contributed by atoms with Gasteiger partial charge in [-0.05, 0) is 43.6 Å². The van der Waals surface area contributed by atoms with E-state index in [0.29, 0.717) is 0 Å². The number of halogens is 1. The van der Waals surface area contributed by atoms with Crippen molar-refractivity contribution < 1.29 is 0 Å². The molecule has 1 rings (SSSR count). The predicted molar refractivity (Wildman–Crippen MR) is 47.5 cm³/mol. The fourth-order valence-corrected chi connectivity index (χ4v) is 1.97. The monoisotopic (exact) mass is 217 g/mol. The Morgan fingerprint density at radius 1 is 1.27 bits per heavy atom. The smallest absolute Gasteiger partial charge is 0.200 e. The molecule has 1 heterocycles. The van der Waals surface area contributed by atoms with Crippen molar-refractivity contribution in [2.45, 2.75) is 33.2 Å². The fraction of sp³-hybridized carbons (Fsp3) is 0.714. The zero-order valence-electron chi connectivity index (χ0n) is 7.22. The zero-order valence-corrected chi connectivity index (χ0v) is 8.81. The van der Waals surface area contributed by atoms with Crippen LogP contribution in [0.15, 0.2) is 4.73 Å². The number of aryl methyl sites for hydroxylation is 1. The van der Waals surface area contributed by atoms with E-state index in [1.54, 1.807) is 0 Å². The molecule has 0 unspecified atom stereocenters. The Kier molecular flexibility index (Phi) is 2.05. The van der Waals surface area contributed by atoms with Crippen molar-refractivity contribution in [3.63, 3.8) is 0 Å². The summed E-state index contributed by atoms with van der Waals surface area (Å²) in [6, 6.07) is 0. The molecule has 0 atom stereocenters. The third-order valence-corrected chi connectivity index (χ3v) is 1.97. The summed E-state index contributed by atoms with van der Waals surface area (Å²) in [6.45, 7) is 8.30. The summed E-state index contributed by atoms with van der Waals surface area (Å²) < 4.78 is 2.84. The molecule has 0 aromatic carbocycles. The van der Waals surface area contributed by atoms with E-state index in [2.05, 4.69) is 46.9 Å². The molecular weight excluding hydrogens is 206 g/mol. The number of hydrogen-bond donors (Lipinski definition) is 0. The second-order valence-corrected chi connectivity index (χ2v) is 4.23. The van der Waals surface area contributed by atoms with E-state index in [1.807, 2.05) is 11.5 Å². The predicted octanol–water partition coefficient (Wildman–Crippen LogP) is 2.10. The van der Waals surface area contributed by atoms with Gasteiger partial charge in [0.2, 0.25) is 4.73 Å². The van der Waals surface area contributed by atoms with Gasteiger partial charge in [-0.15, -0.1) is 10.2 Å². The van der Waals surface area contributed by atoms with Gasteiger partial charge < -0.3 is 4.57 Å². The molecule has 0 radical (unpaired) electrons. The molecule has 0 bridgehead atoms. The Hall–Kier alpha value is -0.380. The number of nitrogens with zero attached hydrogens (tertiary/aromatic N) is 3. The molecule has 62 valence electrons. The SMILES string of the molecule is Cc1nnc(Br)n1C(C)(C)C. The first kappa shape index (κ1) is 8.71. The minimum Gasteiger partial charge on any atom is -0.300 e. The van der Waals surface area contributed by atoms with Gasteiger partial charge in [-0.2, -0.15) is 0 Å². The maximum Gasteiger partial charge on any atom is 0.200 e. The third-order valence-electron chi connectivity index (χ3n) is 1.46. The van der Waals surface area contributed by atoms with Crippen LogP contribution < -0.4 is 0 Å². The highest BCUT2D eigenvalue weighted by atomic mass is 79.9. The highest BCUT2D eigenvalue weighted by Gasteiger charge is 2.18. The standard InChI is InChI=1S/C7H12BrN3/c1-5-9-10-6(8)11(5)7(2,3)4/h1-4H3. The summed E-state index contributed by atoms with van der Waals surface area (Å²) in [5.41, 5.74) is 0.0480. The van der Waals surface area contributed by atoms with E-state index in [1.165, 1.54) is 0 Å². The van der Waals surface area contributed by atoms with Gasteiger partial charge in [0.05, 0.1) is 0 Å². The van der Waals surface area contributed by atoms with Crippen molar-refractivity contribution >= 4 is 15.9 Å². The molecule has 11 heavy (non-hydrogen) atoms. The maximum atomic E-state index is 3.95. The lowest BCUT2D eigenvalue weighted by Crippen LogP contribution is -2.23. The molecule has 0 saturated heterocycles. The highest BCUT2D eigenvalue weighted by molar-refractivity contribution is 9.10. The molecule has 0 aliphatic heterocycles. The molecule has 4 heteroatoms. The molecule has 0 fully saturated rings. The fourth-order valence-electron chi connectivity index (χ4n) is 1.10. The average molecular weight is 218 g/mol. The molecule has 0 saturated carbocycles. The van der Waals surface area contributed by atoms with Crippen molar-refractivity contribution in [3.05, 3.63) is 10.6 Å². The van der Waals surface area contributed by atoms with Crippen LogP contribution in [0, 0.1) is 6.92 Å². The molecule has 0 aliphatic carbocycles. The van der Waals surface area contributed by atoms with E-state index < -0.39 is 0 Å². The number of hydrogen-bond acceptors (Lipinski definition) is 2. The van der Waals surface area contributed by atoms with Gasteiger partial charge in [0.15, 0.2) is 0 Å². The topological polar surface area (TPSA) is 30.7 Å². The van der Waals surface area contributed by atoms with Crippen LogP contribution in [0.5, 0.6) is 0 Å². The summed E-state index contributed by atoms with van der Waals surface area (Å²) in [6.07, 6.45) is 0. The Morgan fingerprint density at radius 3 is 2.00 bits per heavy atom. The van der Waals surface area contributed by atoms with Gasteiger partial charge in [0.1, 0.15) is 5.82 Å². The lowest BCUT2D eigenvalue weighted by atomic mass is 10.1.